The number of aromatic nitrogens is 3. The van der Waals surface area contributed by atoms with Gasteiger partial charge in [-0.3, -0.25) is 4.90 Å². The van der Waals surface area contributed by atoms with Gasteiger partial charge in [0.2, 0.25) is 5.89 Å². The fourth-order valence-electron chi connectivity index (χ4n) is 3.48. The smallest absolute Gasteiger partial charge is 0.244 e. The number of aryl methyl sites for hydroxylation is 1. The molecule has 0 aromatic carbocycles. The van der Waals surface area contributed by atoms with Crippen LogP contribution in [0.3, 0.4) is 0 Å². The minimum absolute atomic E-state index is 0.327. The van der Waals surface area contributed by atoms with Gasteiger partial charge in [0.05, 0.1) is 18.2 Å². The van der Waals surface area contributed by atoms with Crippen LogP contribution in [-0.4, -0.2) is 32.8 Å². The number of hydrogen-bond donors (Lipinski definition) is 0. The fourth-order valence-corrected chi connectivity index (χ4v) is 3.48. The average Bonchev–Trinajstić information content (AvgIpc) is 3.13. The van der Waals surface area contributed by atoms with Crippen molar-refractivity contribution in [2.24, 2.45) is 0 Å². The van der Waals surface area contributed by atoms with E-state index in [2.05, 4.69) is 20.2 Å². The summed E-state index contributed by atoms with van der Waals surface area (Å²) in [5, 5.41) is 8.06. The molecule has 1 unspecified atom stereocenters. The van der Waals surface area contributed by atoms with Gasteiger partial charge in [0.15, 0.2) is 5.82 Å². The van der Waals surface area contributed by atoms with Crippen molar-refractivity contribution in [2.75, 3.05) is 6.54 Å². The van der Waals surface area contributed by atoms with E-state index in [9.17, 15) is 0 Å². The van der Waals surface area contributed by atoms with E-state index in [0.29, 0.717) is 18.3 Å². The van der Waals surface area contributed by atoms with Crippen molar-refractivity contribution >= 4 is 0 Å². The molecule has 1 aliphatic carbocycles. The first kappa shape index (κ1) is 13.0. The molecule has 0 amide bonds. The summed E-state index contributed by atoms with van der Waals surface area (Å²) in [5.41, 5.74) is 0.848. The first-order valence-electron chi connectivity index (χ1n) is 7.80. The third-order valence-electron chi connectivity index (χ3n) is 4.64. The van der Waals surface area contributed by atoms with E-state index in [1.807, 2.05) is 13.0 Å². The van der Waals surface area contributed by atoms with Crippen LogP contribution < -0.4 is 0 Å². The first-order valence-corrected chi connectivity index (χ1v) is 7.80. The second-order valence-electron chi connectivity index (χ2n) is 6.14. The Balaban J connectivity index is 1.44. The molecule has 1 atom stereocenters. The Bertz CT molecular complexity index is 615. The molecular weight excluding hydrogens is 268 g/mol. The number of nitrogens with zero attached hydrogens (tertiary/aromatic N) is 4. The largest absolute Gasteiger partial charge is 0.361 e. The van der Waals surface area contributed by atoms with Crippen LogP contribution in [-0.2, 0) is 6.42 Å². The average molecular weight is 288 g/mol. The number of likely N-dealkylation sites (tertiary alicyclic amines) is 1. The molecular formula is C15H20N4O2. The molecule has 2 fully saturated rings. The SMILES string of the molecule is Cc1cc(Cc2noc(C3CCN3C3CCCC3)n2)no1. The van der Waals surface area contributed by atoms with Crippen LogP contribution in [0.15, 0.2) is 15.1 Å². The van der Waals surface area contributed by atoms with Crippen molar-refractivity contribution in [3.05, 3.63) is 29.2 Å². The van der Waals surface area contributed by atoms with Gasteiger partial charge >= 0.3 is 0 Å². The summed E-state index contributed by atoms with van der Waals surface area (Å²) in [7, 11) is 0. The Labute approximate surface area is 123 Å². The second-order valence-corrected chi connectivity index (χ2v) is 6.14. The Morgan fingerprint density at radius 2 is 2.05 bits per heavy atom. The van der Waals surface area contributed by atoms with Gasteiger partial charge in [-0.05, 0) is 26.2 Å². The monoisotopic (exact) mass is 288 g/mol. The predicted molar refractivity (Wildman–Crippen MR) is 74.7 cm³/mol. The van der Waals surface area contributed by atoms with E-state index < -0.39 is 0 Å². The summed E-state index contributed by atoms with van der Waals surface area (Å²) < 4.78 is 10.5. The minimum Gasteiger partial charge on any atom is -0.361 e. The minimum atomic E-state index is 0.327. The van der Waals surface area contributed by atoms with Gasteiger partial charge in [-0.2, -0.15) is 4.98 Å². The molecule has 4 rings (SSSR count). The Morgan fingerprint density at radius 1 is 1.19 bits per heavy atom. The molecule has 6 heteroatoms. The third kappa shape index (κ3) is 2.48. The molecule has 1 aliphatic heterocycles. The van der Waals surface area contributed by atoms with Crippen LogP contribution in [0.5, 0.6) is 0 Å². The van der Waals surface area contributed by atoms with E-state index >= 15 is 0 Å². The molecule has 0 spiro atoms. The lowest BCUT2D eigenvalue weighted by Gasteiger charge is -2.42. The molecule has 0 N–H and O–H groups in total. The maximum atomic E-state index is 5.48. The zero-order valence-electron chi connectivity index (χ0n) is 12.3. The van der Waals surface area contributed by atoms with Crippen LogP contribution in [0.25, 0.3) is 0 Å². The van der Waals surface area contributed by atoms with Crippen LogP contribution >= 0.6 is 0 Å². The Hall–Kier alpha value is -1.69. The lowest BCUT2D eigenvalue weighted by Crippen LogP contribution is -2.46. The normalized spacial score (nSPS) is 23.6. The van der Waals surface area contributed by atoms with Crippen molar-refractivity contribution in [2.45, 2.75) is 57.5 Å². The summed E-state index contributed by atoms with van der Waals surface area (Å²) in [6.45, 7) is 3.04. The highest BCUT2D eigenvalue weighted by atomic mass is 16.5. The van der Waals surface area contributed by atoms with Crippen LogP contribution in [0, 0.1) is 6.92 Å². The van der Waals surface area contributed by atoms with Crippen LogP contribution in [0.1, 0.15) is 61.3 Å². The molecule has 0 bridgehead atoms. The Morgan fingerprint density at radius 3 is 2.71 bits per heavy atom. The standard InChI is InChI=1S/C15H20N4O2/c1-10-8-11(17-20-10)9-14-16-15(21-18-14)13-6-7-19(13)12-4-2-3-5-12/h8,12-13H,2-7,9H2,1H3. The summed E-state index contributed by atoms with van der Waals surface area (Å²) in [5.74, 6) is 2.26. The van der Waals surface area contributed by atoms with Crippen molar-refractivity contribution in [1.82, 2.24) is 20.2 Å². The van der Waals surface area contributed by atoms with Crippen molar-refractivity contribution in [3.63, 3.8) is 0 Å². The second kappa shape index (κ2) is 5.26. The summed E-state index contributed by atoms with van der Waals surface area (Å²) in [6, 6.07) is 2.95. The lowest BCUT2D eigenvalue weighted by atomic mass is 9.98. The molecule has 21 heavy (non-hydrogen) atoms. The highest BCUT2D eigenvalue weighted by Crippen LogP contribution is 2.38. The van der Waals surface area contributed by atoms with E-state index in [1.54, 1.807) is 0 Å². The third-order valence-corrected chi connectivity index (χ3v) is 4.64. The van der Waals surface area contributed by atoms with Gasteiger partial charge in [-0.25, -0.2) is 0 Å². The van der Waals surface area contributed by atoms with E-state index in [0.717, 1.165) is 36.4 Å². The van der Waals surface area contributed by atoms with E-state index in [4.69, 9.17) is 9.05 Å². The van der Waals surface area contributed by atoms with Gasteiger partial charge in [0, 0.05) is 18.7 Å². The highest BCUT2D eigenvalue weighted by Gasteiger charge is 2.39. The lowest BCUT2D eigenvalue weighted by molar-refractivity contribution is 0.0224. The molecule has 2 aromatic heterocycles. The van der Waals surface area contributed by atoms with Crippen LogP contribution in [0.2, 0.25) is 0 Å². The molecule has 1 saturated heterocycles. The zero-order chi connectivity index (χ0) is 14.2. The molecule has 2 aliphatic rings. The van der Waals surface area contributed by atoms with Gasteiger partial charge in [0.25, 0.3) is 0 Å². The maximum Gasteiger partial charge on any atom is 0.244 e. The fraction of sp³-hybridized carbons (Fsp3) is 0.667. The van der Waals surface area contributed by atoms with Crippen molar-refractivity contribution in [1.29, 1.82) is 0 Å². The summed E-state index contributed by atoms with van der Waals surface area (Å²) >= 11 is 0. The first-order chi connectivity index (χ1) is 10.3. The quantitative estimate of drug-likeness (QED) is 0.861. The van der Waals surface area contributed by atoms with Gasteiger partial charge in [0.1, 0.15) is 5.76 Å². The topological polar surface area (TPSA) is 68.2 Å². The van der Waals surface area contributed by atoms with E-state index in [1.165, 1.54) is 25.7 Å². The van der Waals surface area contributed by atoms with Crippen molar-refractivity contribution in [3.8, 4) is 0 Å². The van der Waals surface area contributed by atoms with Crippen LogP contribution in [0.4, 0.5) is 0 Å². The Kier molecular flexibility index (Phi) is 3.25. The molecule has 3 heterocycles. The molecule has 2 aromatic rings. The van der Waals surface area contributed by atoms with Gasteiger partial charge in [-0.15, -0.1) is 0 Å². The maximum absolute atomic E-state index is 5.48. The van der Waals surface area contributed by atoms with Gasteiger partial charge < -0.3 is 9.05 Å². The molecule has 112 valence electrons. The van der Waals surface area contributed by atoms with Gasteiger partial charge in [-0.1, -0.05) is 23.2 Å². The molecule has 6 nitrogen and oxygen atoms in total. The highest BCUT2D eigenvalue weighted by molar-refractivity contribution is 5.10. The molecule has 0 radical (unpaired) electrons. The van der Waals surface area contributed by atoms with E-state index in [-0.39, 0.29) is 0 Å². The number of hydrogen-bond acceptors (Lipinski definition) is 6. The predicted octanol–water partition coefficient (Wildman–Crippen LogP) is 2.65. The zero-order valence-corrected chi connectivity index (χ0v) is 12.3. The van der Waals surface area contributed by atoms with Crippen molar-refractivity contribution < 1.29 is 9.05 Å². The summed E-state index contributed by atoms with van der Waals surface area (Å²) in [4.78, 5) is 7.09. The molecule has 1 saturated carbocycles. The summed E-state index contributed by atoms with van der Waals surface area (Å²) in [6.07, 6.45) is 7.03. The number of rotatable bonds is 4.